The first kappa shape index (κ1) is 18.8. The van der Waals surface area contributed by atoms with E-state index < -0.39 is 10.2 Å². The number of nitrogens with one attached hydrogen (secondary N) is 2. The first-order valence-corrected chi connectivity index (χ1v) is 9.38. The predicted molar refractivity (Wildman–Crippen MR) is 87.5 cm³/mol. The molecule has 1 atom stereocenters. The van der Waals surface area contributed by atoms with Gasteiger partial charge < -0.3 is 10.2 Å². The van der Waals surface area contributed by atoms with Gasteiger partial charge in [-0.2, -0.15) is 12.7 Å². The minimum absolute atomic E-state index is 0.425. The van der Waals surface area contributed by atoms with Gasteiger partial charge in [0.25, 0.3) is 10.2 Å². The molecule has 1 aliphatic rings. The molecule has 0 radical (unpaired) electrons. The van der Waals surface area contributed by atoms with Crippen molar-refractivity contribution in [3.05, 3.63) is 0 Å². The van der Waals surface area contributed by atoms with Gasteiger partial charge >= 0.3 is 0 Å². The summed E-state index contributed by atoms with van der Waals surface area (Å²) >= 11 is 0. The van der Waals surface area contributed by atoms with E-state index in [-0.39, 0.29) is 0 Å². The second-order valence-corrected chi connectivity index (χ2v) is 8.27. The van der Waals surface area contributed by atoms with Crippen LogP contribution >= 0.6 is 0 Å². The number of likely N-dealkylation sites (tertiary alicyclic amines) is 1. The summed E-state index contributed by atoms with van der Waals surface area (Å²) in [7, 11) is 0.395. The molecular weight excluding hydrogens is 288 g/mol. The van der Waals surface area contributed by atoms with Gasteiger partial charge in [-0.05, 0) is 45.3 Å². The Hall–Kier alpha value is -0.210. The van der Waals surface area contributed by atoms with Crippen molar-refractivity contribution in [2.24, 2.45) is 5.92 Å². The Labute approximate surface area is 130 Å². The highest BCUT2D eigenvalue weighted by atomic mass is 32.2. The largest absolute Gasteiger partial charge is 0.314 e. The van der Waals surface area contributed by atoms with E-state index >= 15 is 0 Å². The fourth-order valence-corrected chi connectivity index (χ4v) is 3.62. The molecule has 7 heteroatoms. The monoisotopic (exact) mass is 320 g/mol. The molecule has 0 amide bonds. The van der Waals surface area contributed by atoms with Crippen molar-refractivity contribution >= 4 is 10.2 Å². The van der Waals surface area contributed by atoms with E-state index in [2.05, 4.69) is 35.8 Å². The van der Waals surface area contributed by atoms with Gasteiger partial charge in [-0.25, -0.2) is 4.72 Å². The zero-order chi connectivity index (χ0) is 15.9. The van der Waals surface area contributed by atoms with Gasteiger partial charge in [0.15, 0.2) is 0 Å². The third kappa shape index (κ3) is 7.56. The molecule has 1 saturated heterocycles. The molecule has 0 aliphatic carbocycles. The quantitative estimate of drug-likeness (QED) is 0.607. The highest BCUT2D eigenvalue weighted by Gasteiger charge is 2.22. The molecule has 1 heterocycles. The van der Waals surface area contributed by atoms with Crippen LogP contribution in [0.1, 0.15) is 33.1 Å². The minimum atomic E-state index is -3.34. The molecule has 0 aromatic heterocycles. The van der Waals surface area contributed by atoms with Crippen LogP contribution in [0.5, 0.6) is 0 Å². The summed E-state index contributed by atoms with van der Waals surface area (Å²) < 4.78 is 28.5. The van der Waals surface area contributed by atoms with Crippen molar-refractivity contribution in [1.82, 2.24) is 19.2 Å². The third-order valence-corrected chi connectivity index (χ3v) is 5.42. The lowest BCUT2D eigenvalue weighted by atomic mass is 9.99. The topological polar surface area (TPSA) is 64.7 Å². The summed E-state index contributed by atoms with van der Waals surface area (Å²) in [6, 6.07) is 0.438. The molecule has 6 nitrogen and oxygen atoms in total. The summed E-state index contributed by atoms with van der Waals surface area (Å²) in [6.45, 7) is 8.19. The average molecular weight is 321 g/mol. The van der Waals surface area contributed by atoms with Crippen LogP contribution in [-0.2, 0) is 10.2 Å². The second kappa shape index (κ2) is 9.05. The lowest BCUT2D eigenvalue weighted by Gasteiger charge is -2.30. The van der Waals surface area contributed by atoms with Crippen LogP contribution in [0.3, 0.4) is 0 Å². The molecule has 126 valence electrons. The zero-order valence-corrected chi connectivity index (χ0v) is 14.7. The third-order valence-electron chi connectivity index (χ3n) is 3.89. The highest BCUT2D eigenvalue weighted by molar-refractivity contribution is 7.87. The maximum absolute atomic E-state index is 12.2. The summed E-state index contributed by atoms with van der Waals surface area (Å²) in [4.78, 5) is 2.27. The van der Waals surface area contributed by atoms with Crippen LogP contribution in [-0.4, -0.2) is 70.5 Å². The van der Waals surface area contributed by atoms with Crippen molar-refractivity contribution in [2.75, 3.05) is 46.8 Å². The van der Waals surface area contributed by atoms with E-state index in [1.54, 1.807) is 7.05 Å². The lowest BCUT2D eigenvalue weighted by Crippen LogP contribution is -2.44. The maximum atomic E-state index is 12.2. The molecule has 0 aromatic carbocycles. The Bertz CT molecular complexity index is 386. The fourth-order valence-electron chi connectivity index (χ4n) is 2.59. The van der Waals surface area contributed by atoms with Crippen molar-refractivity contribution in [3.8, 4) is 0 Å². The molecule has 0 bridgehead atoms. The highest BCUT2D eigenvalue weighted by Crippen LogP contribution is 2.14. The van der Waals surface area contributed by atoms with Crippen LogP contribution in [0.25, 0.3) is 0 Å². The van der Waals surface area contributed by atoms with Gasteiger partial charge in [-0.15, -0.1) is 0 Å². The van der Waals surface area contributed by atoms with Crippen LogP contribution in [0.15, 0.2) is 0 Å². The number of piperidine rings is 1. The van der Waals surface area contributed by atoms with Crippen LogP contribution in [0.2, 0.25) is 0 Å². The molecule has 0 spiro atoms. The minimum Gasteiger partial charge on any atom is -0.314 e. The van der Waals surface area contributed by atoms with Gasteiger partial charge in [0, 0.05) is 32.7 Å². The van der Waals surface area contributed by atoms with Gasteiger partial charge in [0.2, 0.25) is 0 Å². The molecule has 1 aliphatic heterocycles. The first-order chi connectivity index (χ1) is 9.81. The van der Waals surface area contributed by atoms with Crippen LogP contribution in [0.4, 0.5) is 0 Å². The molecule has 21 heavy (non-hydrogen) atoms. The van der Waals surface area contributed by atoms with Crippen molar-refractivity contribution in [2.45, 2.75) is 39.2 Å². The van der Waals surface area contributed by atoms with E-state index in [4.69, 9.17) is 0 Å². The number of hydrogen-bond acceptors (Lipinski definition) is 4. The summed E-state index contributed by atoms with van der Waals surface area (Å²) in [5.74, 6) is 0.425. The molecule has 0 saturated carbocycles. The Morgan fingerprint density at radius 2 is 2.10 bits per heavy atom. The number of rotatable bonds is 9. The lowest BCUT2D eigenvalue weighted by molar-refractivity contribution is 0.210. The van der Waals surface area contributed by atoms with Gasteiger partial charge in [0.1, 0.15) is 0 Å². The molecule has 2 N–H and O–H groups in total. The standard InChI is InChI=1S/C14H32N4O2S/c1-13(2)15-8-6-10-18(4)21(19,20)16-11-14-7-5-9-17(3)12-14/h13-16H,5-12H2,1-4H3. The van der Waals surface area contributed by atoms with Gasteiger partial charge in [-0.3, -0.25) is 0 Å². The van der Waals surface area contributed by atoms with E-state index in [0.29, 0.717) is 25.0 Å². The number of nitrogens with zero attached hydrogens (tertiary/aromatic N) is 2. The Balaban J connectivity index is 2.27. The Kier molecular flexibility index (Phi) is 8.12. The second-order valence-electron chi connectivity index (χ2n) is 6.41. The van der Waals surface area contributed by atoms with Gasteiger partial charge in [0.05, 0.1) is 0 Å². The van der Waals surface area contributed by atoms with Crippen molar-refractivity contribution < 1.29 is 8.42 Å². The summed E-state index contributed by atoms with van der Waals surface area (Å²) in [5, 5.41) is 3.29. The molecule has 0 aromatic rings. The van der Waals surface area contributed by atoms with Crippen molar-refractivity contribution in [3.63, 3.8) is 0 Å². The van der Waals surface area contributed by atoms with Crippen LogP contribution in [0, 0.1) is 5.92 Å². The zero-order valence-electron chi connectivity index (χ0n) is 13.9. The average Bonchev–Trinajstić information content (AvgIpc) is 2.41. The summed E-state index contributed by atoms with van der Waals surface area (Å²) in [5.41, 5.74) is 0. The fraction of sp³-hybridized carbons (Fsp3) is 1.00. The molecule has 1 fully saturated rings. The van der Waals surface area contributed by atoms with E-state index in [0.717, 1.165) is 38.9 Å². The molecule has 1 rings (SSSR count). The first-order valence-electron chi connectivity index (χ1n) is 7.94. The Morgan fingerprint density at radius 3 is 2.71 bits per heavy atom. The smallest absolute Gasteiger partial charge is 0.279 e. The Morgan fingerprint density at radius 1 is 1.38 bits per heavy atom. The number of hydrogen-bond donors (Lipinski definition) is 2. The van der Waals surface area contributed by atoms with Crippen molar-refractivity contribution in [1.29, 1.82) is 0 Å². The van der Waals surface area contributed by atoms with E-state index in [1.165, 1.54) is 4.31 Å². The predicted octanol–water partition coefficient (Wildman–Crippen LogP) is 0.483. The SMILES string of the molecule is CC(C)NCCCN(C)S(=O)(=O)NCC1CCCN(C)C1. The van der Waals surface area contributed by atoms with E-state index in [9.17, 15) is 8.42 Å². The maximum Gasteiger partial charge on any atom is 0.279 e. The molecular formula is C14H32N4O2S. The molecule has 1 unspecified atom stereocenters. The summed E-state index contributed by atoms with van der Waals surface area (Å²) in [6.07, 6.45) is 3.08. The van der Waals surface area contributed by atoms with Gasteiger partial charge in [-0.1, -0.05) is 13.8 Å². The normalized spacial score (nSPS) is 21.3. The van der Waals surface area contributed by atoms with E-state index in [1.807, 2.05) is 0 Å². The van der Waals surface area contributed by atoms with Crippen LogP contribution < -0.4 is 10.0 Å².